The monoisotopic (exact) mass is 139 g/mol. The molecule has 1 aliphatic carbocycles. The predicted molar refractivity (Wildman–Crippen MR) is 41.7 cm³/mol. The van der Waals surface area contributed by atoms with Crippen molar-refractivity contribution in [2.24, 2.45) is 23.1 Å². The first kappa shape index (κ1) is 7.31. The summed E-state index contributed by atoms with van der Waals surface area (Å²) in [7, 11) is 0. The lowest BCUT2D eigenvalue weighted by atomic mass is 9.89. The lowest BCUT2D eigenvalue weighted by Crippen LogP contribution is -2.55. The molecule has 1 rings (SSSR count). The molecule has 3 heteroatoms. The average molecular weight is 139 g/mol. The highest BCUT2D eigenvalue weighted by Gasteiger charge is 2.27. The highest BCUT2D eigenvalue weighted by Crippen LogP contribution is 2.19. The van der Waals surface area contributed by atoms with Gasteiger partial charge >= 0.3 is 0 Å². The minimum atomic E-state index is -0.765. The molecule has 0 spiro atoms. The zero-order chi connectivity index (χ0) is 7.78. The van der Waals surface area contributed by atoms with E-state index in [9.17, 15) is 0 Å². The molecule has 0 amide bonds. The van der Waals surface area contributed by atoms with Crippen LogP contribution in [0.25, 0.3) is 0 Å². The Morgan fingerprint density at radius 3 is 2.50 bits per heavy atom. The van der Waals surface area contributed by atoms with Gasteiger partial charge in [-0.2, -0.15) is 0 Å². The summed E-state index contributed by atoms with van der Waals surface area (Å²) in [6.45, 7) is 1.91. The molecule has 0 aromatic rings. The molecule has 0 fully saturated rings. The lowest BCUT2D eigenvalue weighted by molar-refractivity contribution is 0.410. The summed E-state index contributed by atoms with van der Waals surface area (Å²) in [6.07, 6.45) is 5.37. The summed E-state index contributed by atoms with van der Waals surface area (Å²) in [5.74, 6) is 0.0255. The van der Waals surface area contributed by atoms with Crippen LogP contribution >= 0.6 is 0 Å². The largest absolute Gasteiger partial charge is 0.402 e. The van der Waals surface area contributed by atoms with Gasteiger partial charge in [-0.1, -0.05) is 13.0 Å². The Bertz CT molecular complexity index is 191. The minimum Gasteiger partial charge on any atom is -0.402 e. The number of hydrogen-bond acceptors (Lipinski definition) is 3. The van der Waals surface area contributed by atoms with Crippen LogP contribution in [-0.4, -0.2) is 5.66 Å². The van der Waals surface area contributed by atoms with Crippen molar-refractivity contribution in [1.29, 1.82) is 0 Å². The van der Waals surface area contributed by atoms with Crippen LogP contribution in [0.15, 0.2) is 23.9 Å². The van der Waals surface area contributed by atoms with Gasteiger partial charge in [0.1, 0.15) is 0 Å². The van der Waals surface area contributed by atoms with E-state index in [1.165, 1.54) is 0 Å². The maximum Gasteiger partial charge on any atom is 0.0913 e. The van der Waals surface area contributed by atoms with Crippen LogP contribution in [0.2, 0.25) is 0 Å². The first-order valence-corrected chi connectivity index (χ1v) is 3.26. The molecule has 0 saturated heterocycles. The molecule has 0 aliphatic heterocycles. The highest BCUT2D eigenvalue weighted by atomic mass is 15.0. The SMILES string of the molecule is CC1C(N)=CC=CC1(N)N. The number of hydrogen-bond donors (Lipinski definition) is 3. The zero-order valence-corrected chi connectivity index (χ0v) is 6.04. The number of nitrogens with two attached hydrogens (primary N) is 3. The molecule has 1 atom stereocenters. The van der Waals surface area contributed by atoms with Crippen LogP contribution in [0.1, 0.15) is 6.92 Å². The van der Waals surface area contributed by atoms with Crippen LogP contribution < -0.4 is 17.2 Å². The Morgan fingerprint density at radius 1 is 1.50 bits per heavy atom. The summed E-state index contributed by atoms with van der Waals surface area (Å²) < 4.78 is 0. The van der Waals surface area contributed by atoms with Crippen LogP contribution in [0.5, 0.6) is 0 Å². The standard InChI is InChI=1S/C7H13N3/c1-5-6(8)3-2-4-7(5,9)10/h2-5H,8-10H2,1H3. The van der Waals surface area contributed by atoms with E-state index in [2.05, 4.69) is 0 Å². The van der Waals surface area contributed by atoms with Crippen LogP contribution in [0.3, 0.4) is 0 Å². The summed E-state index contributed by atoms with van der Waals surface area (Å²) in [5, 5.41) is 0. The Kier molecular flexibility index (Phi) is 1.54. The fourth-order valence-corrected chi connectivity index (χ4v) is 0.903. The molecule has 1 aliphatic rings. The molecule has 0 bridgehead atoms. The van der Waals surface area contributed by atoms with Gasteiger partial charge in [-0.3, -0.25) is 0 Å². The maximum absolute atomic E-state index is 5.68. The Balaban J connectivity index is 2.89. The maximum atomic E-state index is 5.68. The smallest absolute Gasteiger partial charge is 0.0913 e. The van der Waals surface area contributed by atoms with Gasteiger partial charge in [-0.05, 0) is 12.2 Å². The average Bonchev–Trinajstić information content (AvgIpc) is 1.83. The van der Waals surface area contributed by atoms with Gasteiger partial charge in [0.2, 0.25) is 0 Å². The first-order chi connectivity index (χ1) is 4.54. The number of rotatable bonds is 0. The predicted octanol–water partition coefficient (Wildman–Crippen LogP) is -0.351. The van der Waals surface area contributed by atoms with Gasteiger partial charge in [0.15, 0.2) is 0 Å². The quantitative estimate of drug-likeness (QED) is 0.401. The van der Waals surface area contributed by atoms with E-state index in [0.29, 0.717) is 0 Å². The molecule has 0 saturated carbocycles. The van der Waals surface area contributed by atoms with Crippen molar-refractivity contribution in [3.63, 3.8) is 0 Å². The van der Waals surface area contributed by atoms with Gasteiger partial charge < -0.3 is 17.2 Å². The fraction of sp³-hybridized carbons (Fsp3) is 0.429. The van der Waals surface area contributed by atoms with E-state index in [1.54, 1.807) is 12.2 Å². The molecule has 0 aromatic heterocycles. The lowest BCUT2D eigenvalue weighted by Gasteiger charge is -2.30. The minimum absolute atomic E-state index is 0.0255. The van der Waals surface area contributed by atoms with E-state index >= 15 is 0 Å². The second-order valence-corrected chi connectivity index (χ2v) is 2.75. The normalized spacial score (nSPS) is 29.9. The third-order valence-electron chi connectivity index (χ3n) is 1.92. The Hall–Kier alpha value is -0.800. The van der Waals surface area contributed by atoms with E-state index in [-0.39, 0.29) is 5.92 Å². The third-order valence-corrected chi connectivity index (χ3v) is 1.92. The molecular weight excluding hydrogens is 126 g/mol. The van der Waals surface area contributed by atoms with Gasteiger partial charge in [-0.25, -0.2) is 0 Å². The van der Waals surface area contributed by atoms with Crippen molar-refractivity contribution in [2.75, 3.05) is 0 Å². The van der Waals surface area contributed by atoms with Crippen molar-refractivity contribution < 1.29 is 0 Å². The molecule has 3 nitrogen and oxygen atoms in total. The van der Waals surface area contributed by atoms with Gasteiger partial charge in [-0.15, -0.1) is 0 Å². The van der Waals surface area contributed by atoms with Crippen LogP contribution in [0.4, 0.5) is 0 Å². The Morgan fingerprint density at radius 2 is 2.10 bits per heavy atom. The van der Waals surface area contributed by atoms with Crippen molar-refractivity contribution in [2.45, 2.75) is 12.6 Å². The van der Waals surface area contributed by atoms with Gasteiger partial charge in [0, 0.05) is 11.6 Å². The van der Waals surface area contributed by atoms with Crippen LogP contribution in [0, 0.1) is 5.92 Å². The molecule has 0 heterocycles. The van der Waals surface area contributed by atoms with Crippen molar-refractivity contribution in [3.05, 3.63) is 23.9 Å². The molecule has 0 radical (unpaired) electrons. The second-order valence-electron chi connectivity index (χ2n) is 2.75. The third kappa shape index (κ3) is 1.05. The summed E-state index contributed by atoms with van der Waals surface area (Å²) >= 11 is 0. The highest BCUT2D eigenvalue weighted by molar-refractivity contribution is 5.26. The molecule has 10 heavy (non-hydrogen) atoms. The molecule has 6 N–H and O–H groups in total. The fourth-order valence-electron chi connectivity index (χ4n) is 0.903. The summed E-state index contributed by atoms with van der Waals surface area (Å²) in [5.41, 5.74) is 16.9. The van der Waals surface area contributed by atoms with E-state index in [1.807, 2.05) is 13.0 Å². The molecule has 56 valence electrons. The Labute approximate surface area is 60.6 Å². The zero-order valence-electron chi connectivity index (χ0n) is 6.04. The first-order valence-electron chi connectivity index (χ1n) is 3.26. The van der Waals surface area contributed by atoms with E-state index < -0.39 is 5.66 Å². The molecule has 0 aromatic carbocycles. The molecule has 1 unspecified atom stereocenters. The molecular formula is C7H13N3. The number of allylic oxidation sites excluding steroid dienone is 2. The van der Waals surface area contributed by atoms with Crippen molar-refractivity contribution in [3.8, 4) is 0 Å². The van der Waals surface area contributed by atoms with Crippen molar-refractivity contribution >= 4 is 0 Å². The van der Waals surface area contributed by atoms with E-state index in [0.717, 1.165) is 5.70 Å². The van der Waals surface area contributed by atoms with E-state index in [4.69, 9.17) is 17.2 Å². The summed E-state index contributed by atoms with van der Waals surface area (Å²) in [4.78, 5) is 0. The van der Waals surface area contributed by atoms with Crippen molar-refractivity contribution in [1.82, 2.24) is 0 Å². The van der Waals surface area contributed by atoms with Gasteiger partial charge in [0.25, 0.3) is 0 Å². The topological polar surface area (TPSA) is 78.1 Å². The second kappa shape index (κ2) is 2.11. The van der Waals surface area contributed by atoms with Crippen LogP contribution in [-0.2, 0) is 0 Å². The summed E-state index contributed by atoms with van der Waals surface area (Å²) in [6, 6.07) is 0. The van der Waals surface area contributed by atoms with Gasteiger partial charge in [0.05, 0.1) is 5.66 Å².